The molecule has 2 aliphatic rings. The Morgan fingerprint density at radius 3 is 2.89 bits per heavy atom. The quantitative estimate of drug-likeness (QED) is 0.329. The number of nitrogens with zero attached hydrogens (tertiary/aromatic N) is 1. The number of nitrogens with one attached hydrogen (secondary N) is 1. The van der Waals surface area contributed by atoms with Gasteiger partial charge in [-0.3, -0.25) is 10.1 Å². The second-order valence-corrected chi connectivity index (χ2v) is 7.34. The predicted molar refractivity (Wildman–Crippen MR) is 107 cm³/mol. The summed E-state index contributed by atoms with van der Waals surface area (Å²) < 4.78 is 5.21. The molecule has 0 saturated carbocycles. The minimum Gasteiger partial charge on any atom is -0.462 e. The number of hydrogen-bond donors (Lipinski definition) is 1. The molecule has 6 nitrogen and oxygen atoms in total. The summed E-state index contributed by atoms with van der Waals surface area (Å²) in [4.78, 5) is 23.3. The Balaban J connectivity index is 1.83. The van der Waals surface area contributed by atoms with Crippen LogP contribution in [0.5, 0.6) is 0 Å². The zero-order valence-corrected chi connectivity index (χ0v) is 16.0. The number of para-hydroxylation sites is 1. The standard InChI is InChI=1S/C21H19ClN2O4/c1-2-28-21(25)16-8-4-7-14-13-5-3-6-15(13)20(23-19(14)16)17-11-12(24(26)27)9-10-18(17)22/h3-5,7-11,13,15,20,23H,2,6H2,1H3/t13-,15+,20-/m0/s1. The summed E-state index contributed by atoms with van der Waals surface area (Å²) in [7, 11) is 0. The maximum atomic E-state index is 12.5. The number of nitro groups is 1. The first-order chi connectivity index (χ1) is 13.5. The second-order valence-electron chi connectivity index (χ2n) is 6.93. The number of non-ortho nitro benzene ring substituents is 1. The molecule has 0 saturated heterocycles. The fraction of sp³-hybridized carbons (Fsp3) is 0.286. The normalized spacial score (nSPS) is 22.1. The number of anilines is 1. The molecule has 0 aromatic heterocycles. The first kappa shape index (κ1) is 18.5. The van der Waals surface area contributed by atoms with Crippen molar-refractivity contribution in [2.45, 2.75) is 25.3 Å². The van der Waals surface area contributed by atoms with Gasteiger partial charge in [0.2, 0.25) is 0 Å². The molecule has 1 N–H and O–H groups in total. The van der Waals surface area contributed by atoms with Crippen LogP contribution in [0.3, 0.4) is 0 Å². The number of rotatable bonds is 4. The monoisotopic (exact) mass is 398 g/mol. The first-order valence-electron chi connectivity index (χ1n) is 9.18. The molecule has 4 rings (SSSR count). The number of esters is 1. The van der Waals surface area contributed by atoms with Gasteiger partial charge in [0.1, 0.15) is 0 Å². The van der Waals surface area contributed by atoms with Crippen molar-refractivity contribution in [3.8, 4) is 0 Å². The topological polar surface area (TPSA) is 81.5 Å². The van der Waals surface area contributed by atoms with Gasteiger partial charge in [-0.15, -0.1) is 0 Å². The van der Waals surface area contributed by atoms with Gasteiger partial charge >= 0.3 is 5.97 Å². The van der Waals surface area contributed by atoms with Crippen LogP contribution in [0.25, 0.3) is 0 Å². The first-order valence-corrected chi connectivity index (χ1v) is 9.56. The zero-order valence-electron chi connectivity index (χ0n) is 15.2. The molecule has 0 amide bonds. The molecule has 7 heteroatoms. The number of carbonyl (C=O) groups excluding carboxylic acids is 1. The number of carbonyl (C=O) groups is 1. The van der Waals surface area contributed by atoms with Gasteiger partial charge in [-0.2, -0.15) is 0 Å². The van der Waals surface area contributed by atoms with Crippen LogP contribution >= 0.6 is 11.6 Å². The molecule has 1 heterocycles. The summed E-state index contributed by atoms with van der Waals surface area (Å²) in [5.41, 5.74) is 2.86. The lowest BCUT2D eigenvalue weighted by molar-refractivity contribution is -0.384. The third kappa shape index (κ3) is 3.03. The molecule has 0 radical (unpaired) electrons. The second kappa shape index (κ2) is 7.28. The number of nitro benzene ring substituents is 1. The van der Waals surface area contributed by atoms with E-state index < -0.39 is 10.9 Å². The Morgan fingerprint density at radius 2 is 2.14 bits per heavy atom. The minimum atomic E-state index is -0.426. The van der Waals surface area contributed by atoms with Gasteiger partial charge in [0.15, 0.2) is 0 Å². The average Bonchev–Trinajstić information content (AvgIpc) is 3.17. The van der Waals surface area contributed by atoms with Gasteiger partial charge in [0, 0.05) is 28.6 Å². The fourth-order valence-electron chi connectivity index (χ4n) is 4.19. The van der Waals surface area contributed by atoms with Gasteiger partial charge in [-0.25, -0.2) is 4.79 Å². The number of fused-ring (bicyclic) bond motifs is 3. The smallest absolute Gasteiger partial charge is 0.340 e. The molecule has 1 aliphatic carbocycles. The van der Waals surface area contributed by atoms with E-state index in [1.165, 1.54) is 12.1 Å². The Labute approximate surface area is 167 Å². The van der Waals surface area contributed by atoms with E-state index in [1.807, 2.05) is 12.1 Å². The van der Waals surface area contributed by atoms with E-state index in [0.717, 1.165) is 12.0 Å². The zero-order chi connectivity index (χ0) is 19.8. The third-order valence-electron chi connectivity index (χ3n) is 5.42. The van der Waals surface area contributed by atoms with Crippen LogP contribution in [-0.4, -0.2) is 17.5 Å². The lowest BCUT2D eigenvalue weighted by atomic mass is 9.76. The highest BCUT2D eigenvalue weighted by Gasteiger charge is 2.40. The van der Waals surface area contributed by atoms with Gasteiger partial charge in [-0.05, 0) is 37.0 Å². The van der Waals surface area contributed by atoms with E-state index in [4.69, 9.17) is 16.3 Å². The number of hydrogen-bond acceptors (Lipinski definition) is 5. The van der Waals surface area contributed by atoms with Crippen LogP contribution in [-0.2, 0) is 4.74 Å². The molecule has 0 bridgehead atoms. The third-order valence-corrected chi connectivity index (χ3v) is 5.76. The molecule has 28 heavy (non-hydrogen) atoms. The van der Waals surface area contributed by atoms with Crippen molar-refractivity contribution in [3.05, 3.63) is 80.4 Å². The van der Waals surface area contributed by atoms with E-state index in [-0.39, 0.29) is 30.2 Å². The largest absolute Gasteiger partial charge is 0.462 e. The van der Waals surface area contributed by atoms with Gasteiger partial charge in [0.05, 0.1) is 28.8 Å². The predicted octanol–water partition coefficient (Wildman–Crippen LogP) is 5.25. The van der Waals surface area contributed by atoms with Crippen LogP contribution in [0.1, 0.15) is 46.8 Å². The number of allylic oxidation sites excluding steroid dienone is 2. The summed E-state index contributed by atoms with van der Waals surface area (Å²) in [6, 6.07) is 9.82. The van der Waals surface area contributed by atoms with Crippen molar-refractivity contribution in [1.82, 2.24) is 0 Å². The molecular weight excluding hydrogens is 380 g/mol. The molecule has 2 aromatic carbocycles. The highest BCUT2D eigenvalue weighted by molar-refractivity contribution is 6.31. The Kier molecular flexibility index (Phi) is 4.81. The fourth-order valence-corrected chi connectivity index (χ4v) is 4.43. The summed E-state index contributed by atoms with van der Waals surface area (Å²) >= 11 is 6.43. The highest BCUT2D eigenvalue weighted by atomic mass is 35.5. The maximum absolute atomic E-state index is 12.5. The van der Waals surface area contributed by atoms with Gasteiger partial charge in [-0.1, -0.05) is 35.9 Å². The van der Waals surface area contributed by atoms with E-state index in [1.54, 1.807) is 19.1 Å². The minimum absolute atomic E-state index is 0.00631. The van der Waals surface area contributed by atoms with Crippen LogP contribution < -0.4 is 5.32 Å². The Morgan fingerprint density at radius 1 is 1.32 bits per heavy atom. The van der Waals surface area contributed by atoms with Crippen LogP contribution in [0.15, 0.2) is 48.6 Å². The van der Waals surface area contributed by atoms with Crippen molar-refractivity contribution in [2.75, 3.05) is 11.9 Å². The van der Waals surface area contributed by atoms with Crippen LogP contribution in [0, 0.1) is 16.0 Å². The lowest BCUT2D eigenvalue weighted by Gasteiger charge is -2.38. The van der Waals surface area contributed by atoms with Gasteiger partial charge in [0.25, 0.3) is 5.69 Å². The van der Waals surface area contributed by atoms with Crippen molar-refractivity contribution in [1.29, 1.82) is 0 Å². The molecule has 0 spiro atoms. The number of halogens is 1. The number of benzene rings is 2. The Bertz CT molecular complexity index is 988. The van der Waals surface area contributed by atoms with Gasteiger partial charge < -0.3 is 10.1 Å². The Hall–Kier alpha value is -2.86. The molecule has 0 fully saturated rings. The maximum Gasteiger partial charge on any atom is 0.340 e. The average molecular weight is 399 g/mol. The summed E-state index contributed by atoms with van der Waals surface area (Å²) in [5.74, 6) is -0.133. The lowest BCUT2D eigenvalue weighted by Crippen LogP contribution is -2.30. The molecular formula is C21H19ClN2O4. The van der Waals surface area contributed by atoms with Crippen LogP contribution in [0.2, 0.25) is 5.02 Å². The van der Waals surface area contributed by atoms with Crippen molar-refractivity contribution >= 4 is 28.9 Å². The molecule has 1 aliphatic heterocycles. The van der Waals surface area contributed by atoms with E-state index >= 15 is 0 Å². The van der Waals surface area contributed by atoms with E-state index in [0.29, 0.717) is 21.8 Å². The molecule has 3 atom stereocenters. The van der Waals surface area contributed by atoms with Crippen molar-refractivity contribution in [3.63, 3.8) is 0 Å². The van der Waals surface area contributed by atoms with E-state index in [2.05, 4.69) is 17.5 Å². The molecule has 2 aromatic rings. The van der Waals surface area contributed by atoms with Crippen molar-refractivity contribution in [2.24, 2.45) is 5.92 Å². The molecule has 0 unspecified atom stereocenters. The SMILES string of the molecule is CCOC(=O)c1cccc2c1N[C@H](c1cc([N+](=O)[O-])ccc1Cl)[C@@H]1CC=C[C@@H]21. The summed E-state index contributed by atoms with van der Waals surface area (Å²) in [6.45, 7) is 2.05. The van der Waals surface area contributed by atoms with Crippen molar-refractivity contribution < 1.29 is 14.5 Å². The summed E-state index contributed by atoms with van der Waals surface area (Å²) in [5, 5.41) is 15.2. The number of ether oxygens (including phenoxy) is 1. The molecule has 144 valence electrons. The van der Waals surface area contributed by atoms with Crippen LogP contribution in [0.4, 0.5) is 11.4 Å². The highest BCUT2D eigenvalue weighted by Crippen LogP contribution is 2.51. The summed E-state index contributed by atoms with van der Waals surface area (Å²) in [6.07, 6.45) is 5.07. The van der Waals surface area contributed by atoms with E-state index in [9.17, 15) is 14.9 Å².